The molecule has 1 aliphatic rings. The highest BCUT2D eigenvalue weighted by molar-refractivity contribution is 7.89. The summed E-state index contributed by atoms with van der Waals surface area (Å²) in [5.41, 5.74) is 0.176. The van der Waals surface area contributed by atoms with Crippen LogP contribution in [0.25, 0.3) is 0 Å². The van der Waals surface area contributed by atoms with Crippen LogP contribution in [0.3, 0.4) is 0 Å². The van der Waals surface area contributed by atoms with Crippen LogP contribution in [0.5, 0.6) is 0 Å². The third-order valence-electron chi connectivity index (χ3n) is 4.46. The van der Waals surface area contributed by atoms with Crippen molar-refractivity contribution in [1.82, 2.24) is 19.9 Å². The number of H-pyrrole nitrogens is 1. The molecule has 1 aromatic heterocycles. The van der Waals surface area contributed by atoms with Gasteiger partial charge in [0.25, 0.3) is 5.69 Å². The van der Waals surface area contributed by atoms with Crippen LogP contribution in [0.1, 0.15) is 30.4 Å². The summed E-state index contributed by atoms with van der Waals surface area (Å²) in [5.74, 6) is 1.49. The zero-order valence-corrected chi connectivity index (χ0v) is 15.3. The van der Waals surface area contributed by atoms with Gasteiger partial charge in [-0.05, 0) is 38.9 Å². The first-order chi connectivity index (χ1) is 12.3. The van der Waals surface area contributed by atoms with Crippen LogP contribution in [0.2, 0.25) is 0 Å². The molecular weight excluding hydrogens is 360 g/mol. The van der Waals surface area contributed by atoms with Gasteiger partial charge in [-0.15, -0.1) is 0 Å². The number of hydrogen-bond donors (Lipinski definition) is 2. The lowest BCUT2D eigenvalue weighted by atomic mass is 9.96. The summed E-state index contributed by atoms with van der Waals surface area (Å²) in [4.78, 5) is 17.1. The monoisotopic (exact) mass is 380 g/mol. The normalized spacial score (nSPS) is 18.1. The number of anilines is 1. The molecule has 26 heavy (non-hydrogen) atoms. The molecule has 0 amide bonds. The molecule has 0 aliphatic carbocycles. The quantitative estimate of drug-likeness (QED) is 0.590. The fraction of sp³-hybridized carbons (Fsp3) is 0.467. The Labute approximate surface area is 150 Å². The number of piperidine rings is 1. The molecule has 11 heteroatoms. The number of aryl methyl sites for hydroxylation is 1. The van der Waals surface area contributed by atoms with Gasteiger partial charge in [-0.25, -0.2) is 18.1 Å². The van der Waals surface area contributed by atoms with Crippen LogP contribution >= 0.6 is 0 Å². The highest BCUT2D eigenvalue weighted by Crippen LogP contribution is 2.35. The maximum atomic E-state index is 11.9. The van der Waals surface area contributed by atoms with E-state index < -0.39 is 14.9 Å². The Morgan fingerprint density at radius 3 is 2.81 bits per heavy atom. The topological polar surface area (TPSA) is 134 Å². The van der Waals surface area contributed by atoms with Crippen LogP contribution < -0.4 is 9.62 Å². The second kappa shape index (κ2) is 7.00. The van der Waals surface area contributed by atoms with Crippen LogP contribution in [-0.4, -0.2) is 48.7 Å². The first kappa shape index (κ1) is 18.3. The third kappa shape index (κ3) is 3.53. The lowest BCUT2D eigenvalue weighted by Crippen LogP contribution is -2.35. The molecule has 1 saturated heterocycles. The summed E-state index contributed by atoms with van der Waals surface area (Å²) in [5, 5.41) is 18.5. The maximum Gasteiger partial charge on any atom is 0.293 e. The molecular formula is C15H20N6O4S. The lowest BCUT2D eigenvalue weighted by Gasteiger charge is -2.32. The van der Waals surface area contributed by atoms with E-state index in [2.05, 4.69) is 19.9 Å². The maximum absolute atomic E-state index is 11.9. The van der Waals surface area contributed by atoms with Crippen molar-refractivity contribution in [2.75, 3.05) is 25.0 Å². The van der Waals surface area contributed by atoms with Crippen molar-refractivity contribution < 1.29 is 13.3 Å². The van der Waals surface area contributed by atoms with E-state index in [1.54, 1.807) is 0 Å². The van der Waals surface area contributed by atoms with Gasteiger partial charge < -0.3 is 4.90 Å². The van der Waals surface area contributed by atoms with Crippen molar-refractivity contribution in [2.45, 2.75) is 30.6 Å². The fourth-order valence-electron chi connectivity index (χ4n) is 3.15. The highest BCUT2D eigenvalue weighted by atomic mass is 32.2. The van der Waals surface area contributed by atoms with Crippen molar-refractivity contribution in [3.8, 4) is 0 Å². The van der Waals surface area contributed by atoms with Crippen LogP contribution in [0.4, 0.5) is 11.4 Å². The molecule has 1 aromatic carbocycles. The predicted octanol–water partition coefficient (Wildman–Crippen LogP) is 1.31. The summed E-state index contributed by atoms with van der Waals surface area (Å²) < 4.78 is 26.0. The number of aromatic amines is 1. The largest absolute Gasteiger partial charge is 0.365 e. The van der Waals surface area contributed by atoms with E-state index in [1.165, 1.54) is 19.2 Å². The molecule has 140 valence electrons. The molecule has 1 unspecified atom stereocenters. The molecule has 2 heterocycles. The van der Waals surface area contributed by atoms with Crippen LogP contribution in [0.15, 0.2) is 23.1 Å². The fourth-order valence-corrected chi connectivity index (χ4v) is 3.90. The van der Waals surface area contributed by atoms with E-state index in [0.717, 1.165) is 24.7 Å². The summed E-state index contributed by atoms with van der Waals surface area (Å²) in [6.45, 7) is 3.01. The second-order valence-electron chi connectivity index (χ2n) is 6.18. The zero-order valence-electron chi connectivity index (χ0n) is 14.5. The van der Waals surface area contributed by atoms with Gasteiger partial charge in [0.05, 0.1) is 9.82 Å². The molecule has 0 radical (unpaired) electrons. The molecule has 0 spiro atoms. The molecule has 1 atom stereocenters. The van der Waals surface area contributed by atoms with Gasteiger partial charge >= 0.3 is 0 Å². The highest BCUT2D eigenvalue weighted by Gasteiger charge is 2.29. The SMILES string of the molecule is CNS(=O)(=O)c1ccc(N2CCCC(c3n[nH]c(C)n3)C2)c([N+](=O)[O-])c1. The molecule has 1 fully saturated rings. The smallest absolute Gasteiger partial charge is 0.293 e. The van der Waals surface area contributed by atoms with Gasteiger partial charge in [0, 0.05) is 25.1 Å². The summed E-state index contributed by atoms with van der Waals surface area (Å²) in [7, 11) is -2.48. The molecule has 1 aliphatic heterocycles. The first-order valence-corrected chi connectivity index (χ1v) is 9.66. The predicted molar refractivity (Wildman–Crippen MR) is 94.6 cm³/mol. The van der Waals surface area contributed by atoms with Crippen molar-refractivity contribution in [1.29, 1.82) is 0 Å². The van der Waals surface area contributed by atoms with E-state index in [4.69, 9.17) is 0 Å². The Hall–Kier alpha value is -2.53. The number of hydrogen-bond acceptors (Lipinski definition) is 7. The van der Waals surface area contributed by atoms with E-state index in [1.807, 2.05) is 11.8 Å². The van der Waals surface area contributed by atoms with E-state index in [9.17, 15) is 18.5 Å². The number of aromatic nitrogens is 3. The van der Waals surface area contributed by atoms with Crippen molar-refractivity contribution in [3.05, 3.63) is 40.0 Å². The molecule has 3 rings (SSSR count). The Balaban J connectivity index is 1.93. The van der Waals surface area contributed by atoms with Crippen molar-refractivity contribution in [2.24, 2.45) is 0 Å². The lowest BCUT2D eigenvalue weighted by molar-refractivity contribution is -0.384. The van der Waals surface area contributed by atoms with Crippen LogP contribution in [-0.2, 0) is 10.0 Å². The summed E-state index contributed by atoms with van der Waals surface area (Å²) in [6.07, 6.45) is 1.74. The van der Waals surface area contributed by atoms with Gasteiger partial charge in [-0.3, -0.25) is 15.2 Å². The minimum absolute atomic E-state index is 0.0639. The van der Waals surface area contributed by atoms with Crippen molar-refractivity contribution >= 4 is 21.4 Å². The number of nitro groups is 1. The Morgan fingerprint density at radius 2 is 2.19 bits per heavy atom. The van der Waals surface area contributed by atoms with Crippen LogP contribution in [0, 0.1) is 17.0 Å². The summed E-state index contributed by atoms with van der Waals surface area (Å²) in [6, 6.07) is 3.98. The number of nitrogens with one attached hydrogen (secondary N) is 2. The Bertz CT molecular complexity index is 926. The molecule has 0 saturated carbocycles. The number of nitrogens with zero attached hydrogens (tertiary/aromatic N) is 4. The molecule has 10 nitrogen and oxygen atoms in total. The summed E-state index contributed by atoms with van der Waals surface area (Å²) >= 11 is 0. The minimum atomic E-state index is -3.75. The second-order valence-corrected chi connectivity index (χ2v) is 8.07. The third-order valence-corrected chi connectivity index (χ3v) is 5.88. The van der Waals surface area contributed by atoms with Gasteiger partial charge in [0.1, 0.15) is 11.5 Å². The average Bonchev–Trinajstić information content (AvgIpc) is 3.07. The Morgan fingerprint density at radius 1 is 1.42 bits per heavy atom. The minimum Gasteiger partial charge on any atom is -0.365 e. The molecule has 2 N–H and O–H groups in total. The molecule has 0 bridgehead atoms. The van der Waals surface area contributed by atoms with E-state index in [-0.39, 0.29) is 16.5 Å². The van der Waals surface area contributed by atoms with Gasteiger partial charge in [0.2, 0.25) is 10.0 Å². The van der Waals surface area contributed by atoms with Crippen molar-refractivity contribution in [3.63, 3.8) is 0 Å². The van der Waals surface area contributed by atoms with Gasteiger partial charge in [-0.2, -0.15) is 5.10 Å². The standard InChI is InChI=1S/C15H20N6O4S/c1-10-17-15(19-18-10)11-4-3-7-20(9-11)13-6-5-12(26(24,25)16-2)8-14(13)21(22)23/h5-6,8,11,16H,3-4,7,9H2,1-2H3,(H,17,18,19). The average molecular weight is 380 g/mol. The number of nitro benzene ring substituents is 1. The Kier molecular flexibility index (Phi) is 4.92. The number of sulfonamides is 1. The first-order valence-electron chi connectivity index (χ1n) is 8.17. The zero-order chi connectivity index (χ0) is 18.9. The van der Waals surface area contributed by atoms with E-state index in [0.29, 0.717) is 24.6 Å². The number of benzene rings is 1. The molecule has 2 aromatic rings. The number of rotatable bonds is 5. The van der Waals surface area contributed by atoms with E-state index >= 15 is 0 Å². The van der Waals surface area contributed by atoms with Gasteiger partial charge in [-0.1, -0.05) is 0 Å². The van der Waals surface area contributed by atoms with Gasteiger partial charge in [0.15, 0.2) is 5.82 Å².